The lowest BCUT2D eigenvalue weighted by Gasteiger charge is -2.37. The van der Waals surface area contributed by atoms with E-state index in [4.69, 9.17) is 9.47 Å². The number of methoxy groups -OCH3 is 1. The van der Waals surface area contributed by atoms with E-state index >= 15 is 0 Å². The molecule has 2 aliphatic heterocycles. The molecule has 32 heavy (non-hydrogen) atoms. The van der Waals surface area contributed by atoms with Crippen LogP contribution in [0.3, 0.4) is 0 Å². The summed E-state index contributed by atoms with van der Waals surface area (Å²) >= 11 is 0. The molecule has 2 unspecified atom stereocenters. The van der Waals surface area contributed by atoms with E-state index in [-0.39, 0.29) is 30.1 Å². The van der Waals surface area contributed by atoms with Gasteiger partial charge in [0.1, 0.15) is 6.61 Å². The summed E-state index contributed by atoms with van der Waals surface area (Å²) in [5.41, 5.74) is -0.291. The van der Waals surface area contributed by atoms with Gasteiger partial charge in [-0.15, -0.1) is 0 Å². The van der Waals surface area contributed by atoms with Gasteiger partial charge in [0.2, 0.25) is 5.88 Å². The normalized spacial score (nSPS) is 22.5. The molecule has 0 spiro atoms. The van der Waals surface area contributed by atoms with E-state index < -0.39 is 29.5 Å². The van der Waals surface area contributed by atoms with Gasteiger partial charge in [-0.25, -0.2) is 9.78 Å². The third kappa shape index (κ3) is 4.42. The number of nitrogens with zero attached hydrogens (tertiary/aromatic N) is 2. The molecule has 2 bridgehead atoms. The van der Waals surface area contributed by atoms with Crippen molar-refractivity contribution >= 4 is 11.9 Å². The molecule has 1 amide bonds. The van der Waals surface area contributed by atoms with E-state index in [0.717, 1.165) is 24.5 Å². The van der Waals surface area contributed by atoms with E-state index in [2.05, 4.69) is 4.98 Å². The third-order valence-electron chi connectivity index (χ3n) is 6.16. The number of carbonyl (C=O) groups excluding carboxylic acids is 2. The van der Waals surface area contributed by atoms with Crippen molar-refractivity contribution in [1.29, 1.82) is 0 Å². The second kappa shape index (κ2) is 8.80. The van der Waals surface area contributed by atoms with Crippen LogP contribution in [0.1, 0.15) is 47.2 Å². The zero-order chi connectivity index (χ0) is 22.9. The van der Waals surface area contributed by atoms with Gasteiger partial charge in [0, 0.05) is 24.2 Å². The number of benzene rings is 1. The van der Waals surface area contributed by atoms with Crippen LogP contribution in [0.15, 0.2) is 42.6 Å². The maximum absolute atomic E-state index is 13.1. The van der Waals surface area contributed by atoms with Crippen LogP contribution in [0.2, 0.25) is 0 Å². The van der Waals surface area contributed by atoms with E-state index in [0.29, 0.717) is 19.0 Å². The number of carbonyl (C=O) groups is 2. The number of ketones is 1. The minimum absolute atomic E-state index is 0.125. The summed E-state index contributed by atoms with van der Waals surface area (Å²) in [5.74, 6) is -1.07. The van der Waals surface area contributed by atoms with Crippen molar-refractivity contribution in [2.45, 2.75) is 50.6 Å². The highest BCUT2D eigenvalue weighted by atomic mass is 19.4. The van der Waals surface area contributed by atoms with Crippen LogP contribution < -0.4 is 4.74 Å². The summed E-state index contributed by atoms with van der Waals surface area (Å²) in [7, 11) is 1.27. The average molecular weight is 448 g/mol. The summed E-state index contributed by atoms with van der Waals surface area (Å²) in [6.07, 6.45) is -2.18. The van der Waals surface area contributed by atoms with Crippen LogP contribution in [-0.4, -0.2) is 41.0 Å². The lowest BCUT2D eigenvalue weighted by molar-refractivity contribution is -0.137. The van der Waals surface area contributed by atoms with E-state index in [1.54, 1.807) is 4.90 Å². The van der Waals surface area contributed by atoms with Crippen LogP contribution in [0, 0.1) is 5.92 Å². The number of amides is 1. The average Bonchev–Trinajstić information content (AvgIpc) is 3.06. The van der Waals surface area contributed by atoms with Gasteiger partial charge >= 0.3 is 12.3 Å². The Morgan fingerprint density at radius 3 is 2.38 bits per heavy atom. The Kier molecular flexibility index (Phi) is 6.08. The molecule has 2 saturated heterocycles. The van der Waals surface area contributed by atoms with Gasteiger partial charge in [-0.3, -0.25) is 4.79 Å². The van der Waals surface area contributed by atoms with Gasteiger partial charge in [-0.1, -0.05) is 30.3 Å². The van der Waals surface area contributed by atoms with Crippen LogP contribution in [0.4, 0.5) is 18.0 Å². The quantitative estimate of drug-likeness (QED) is 0.611. The van der Waals surface area contributed by atoms with Crippen molar-refractivity contribution < 1.29 is 32.2 Å². The van der Waals surface area contributed by atoms with Crippen LogP contribution in [0.25, 0.3) is 0 Å². The molecule has 0 saturated carbocycles. The summed E-state index contributed by atoms with van der Waals surface area (Å²) < 4.78 is 49.9. The first-order valence-electron chi connectivity index (χ1n) is 10.4. The fourth-order valence-electron chi connectivity index (χ4n) is 4.65. The highest BCUT2D eigenvalue weighted by Gasteiger charge is 2.46. The van der Waals surface area contributed by atoms with Gasteiger partial charge in [0.25, 0.3) is 0 Å². The number of Topliss-reactive ketones (excluding diaryl/α,β-unsaturated/α-hetero) is 1. The first kappa shape index (κ1) is 22.1. The van der Waals surface area contributed by atoms with Crippen molar-refractivity contribution in [3.05, 3.63) is 59.3 Å². The monoisotopic (exact) mass is 448 g/mol. The number of ether oxygens (including phenoxy) is 2. The summed E-state index contributed by atoms with van der Waals surface area (Å²) in [6, 6.07) is 9.76. The minimum atomic E-state index is -4.61. The Labute approximate surface area is 183 Å². The van der Waals surface area contributed by atoms with Crippen LogP contribution in [-0.2, 0) is 17.5 Å². The van der Waals surface area contributed by atoms with Gasteiger partial charge in [-0.2, -0.15) is 13.2 Å². The number of piperidine rings is 1. The molecule has 170 valence electrons. The molecule has 9 heteroatoms. The molecule has 2 atom stereocenters. The molecule has 1 aromatic heterocycles. The number of hydrogen-bond donors (Lipinski definition) is 0. The second-order valence-electron chi connectivity index (χ2n) is 8.14. The third-order valence-corrected chi connectivity index (χ3v) is 6.16. The van der Waals surface area contributed by atoms with E-state index in [1.165, 1.54) is 7.11 Å². The van der Waals surface area contributed by atoms with Crippen LogP contribution in [0.5, 0.6) is 5.88 Å². The zero-order valence-corrected chi connectivity index (χ0v) is 17.5. The number of rotatable bonds is 5. The van der Waals surface area contributed by atoms with E-state index in [1.807, 2.05) is 30.3 Å². The molecule has 2 aromatic rings. The lowest BCUT2D eigenvalue weighted by atomic mass is 9.85. The molecule has 2 fully saturated rings. The SMILES string of the molecule is COc1ncc(C(F)(F)F)cc1C(=O)C1CC2CCC(C1)N2C(=O)OCc1ccccc1. The Balaban J connectivity index is 1.46. The summed E-state index contributed by atoms with van der Waals surface area (Å²) in [4.78, 5) is 31.2. The largest absolute Gasteiger partial charge is 0.480 e. The second-order valence-corrected chi connectivity index (χ2v) is 8.14. The zero-order valence-electron chi connectivity index (χ0n) is 17.5. The Morgan fingerprint density at radius 2 is 1.78 bits per heavy atom. The van der Waals surface area contributed by atoms with Crippen molar-refractivity contribution in [3.8, 4) is 5.88 Å². The van der Waals surface area contributed by atoms with Crippen molar-refractivity contribution in [3.63, 3.8) is 0 Å². The first-order valence-corrected chi connectivity index (χ1v) is 10.4. The molecule has 3 heterocycles. The molecule has 0 radical (unpaired) electrons. The van der Waals surface area contributed by atoms with E-state index in [9.17, 15) is 22.8 Å². The molecule has 6 nitrogen and oxygen atoms in total. The fraction of sp³-hybridized carbons (Fsp3) is 0.435. The number of aromatic nitrogens is 1. The highest BCUT2D eigenvalue weighted by Crippen LogP contribution is 2.41. The predicted octanol–water partition coefficient (Wildman–Crippen LogP) is 4.87. The lowest BCUT2D eigenvalue weighted by Crippen LogP contribution is -2.48. The smallest absolute Gasteiger partial charge is 0.417 e. The number of halogens is 3. The number of hydrogen-bond acceptors (Lipinski definition) is 5. The fourth-order valence-corrected chi connectivity index (χ4v) is 4.65. The number of alkyl halides is 3. The van der Waals surface area contributed by atoms with Gasteiger partial charge in [0.15, 0.2) is 5.78 Å². The van der Waals surface area contributed by atoms with Gasteiger partial charge in [0.05, 0.1) is 18.2 Å². The topological polar surface area (TPSA) is 68.7 Å². The van der Waals surface area contributed by atoms with Crippen molar-refractivity contribution in [1.82, 2.24) is 9.88 Å². The Morgan fingerprint density at radius 1 is 1.12 bits per heavy atom. The summed E-state index contributed by atoms with van der Waals surface area (Å²) in [5, 5.41) is 0. The molecule has 0 N–H and O–H groups in total. The maximum atomic E-state index is 13.1. The molecule has 4 rings (SSSR count). The maximum Gasteiger partial charge on any atom is 0.417 e. The standard InChI is InChI=1S/C23H23F3N2O4/c1-31-21-19(11-16(12-27-21)23(24,25)26)20(29)15-9-17-7-8-18(10-15)28(17)22(30)32-13-14-5-3-2-4-6-14/h2-6,11-12,15,17-18H,7-10,13H2,1H3. The van der Waals surface area contributed by atoms with Gasteiger partial charge < -0.3 is 14.4 Å². The van der Waals surface area contributed by atoms with Gasteiger partial charge in [-0.05, 0) is 37.3 Å². The highest BCUT2D eigenvalue weighted by molar-refractivity contribution is 6.00. The predicted molar refractivity (Wildman–Crippen MR) is 108 cm³/mol. The molecule has 0 aliphatic carbocycles. The van der Waals surface area contributed by atoms with Crippen molar-refractivity contribution in [2.24, 2.45) is 5.92 Å². The minimum Gasteiger partial charge on any atom is -0.480 e. The first-order chi connectivity index (χ1) is 15.3. The molecular weight excluding hydrogens is 425 g/mol. The number of fused-ring (bicyclic) bond motifs is 2. The van der Waals surface area contributed by atoms with Crippen molar-refractivity contribution in [2.75, 3.05) is 7.11 Å². The Bertz CT molecular complexity index is 982. The number of pyridine rings is 1. The summed E-state index contributed by atoms with van der Waals surface area (Å²) in [6.45, 7) is 0.158. The molecule has 2 aliphatic rings. The Hall–Kier alpha value is -3.10. The molecule has 1 aromatic carbocycles. The van der Waals surface area contributed by atoms with Crippen LogP contribution >= 0.6 is 0 Å². The molecular formula is C23H23F3N2O4.